The molecular weight excluding hydrogens is 244 g/mol. The minimum atomic E-state index is 0.420. The second-order valence-corrected chi connectivity index (χ2v) is 5.74. The van der Waals surface area contributed by atoms with Gasteiger partial charge in [-0.1, -0.05) is 51.1 Å². The van der Waals surface area contributed by atoms with Gasteiger partial charge in [-0.2, -0.15) is 0 Å². The van der Waals surface area contributed by atoms with Crippen LogP contribution in [-0.4, -0.2) is 30.1 Å². The number of hydrogen-bond donors (Lipinski definition) is 1. The summed E-state index contributed by atoms with van der Waals surface area (Å²) in [5.41, 5.74) is 1.41. The minimum Gasteiger partial charge on any atom is -0.309 e. The molecule has 0 amide bonds. The molecule has 2 atom stereocenters. The van der Waals surface area contributed by atoms with Crippen molar-refractivity contribution < 1.29 is 0 Å². The summed E-state index contributed by atoms with van der Waals surface area (Å²) in [4.78, 5) is 2.61. The third kappa shape index (κ3) is 4.60. The van der Waals surface area contributed by atoms with Crippen LogP contribution in [-0.2, 0) is 0 Å². The smallest absolute Gasteiger partial charge is 0.0478 e. The largest absolute Gasteiger partial charge is 0.309 e. The topological polar surface area (TPSA) is 15.3 Å². The van der Waals surface area contributed by atoms with Crippen molar-refractivity contribution in [2.75, 3.05) is 13.1 Å². The number of rotatable bonds is 9. The van der Waals surface area contributed by atoms with E-state index in [1.54, 1.807) is 0 Å². The van der Waals surface area contributed by atoms with Crippen molar-refractivity contribution in [3.05, 3.63) is 35.9 Å². The predicted molar refractivity (Wildman–Crippen MR) is 89.1 cm³/mol. The fraction of sp³-hybridized carbons (Fsp3) is 0.667. The van der Waals surface area contributed by atoms with Crippen molar-refractivity contribution in [1.82, 2.24) is 10.2 Å². The van der Waals surface area contributed by atoms with Gasteiger partial charge in [-0.3, -0.25) is 4.90 Å². The van der Waals surface area contributed by atoms with Crippen LogP contribution < -0.4 is 5.32 Å². The number of nitrogens with one attached hydrogen (secondary N) is 1. The number of likely N-dealkylation sites (N-methyl/N-ethyl adjacent to an activating group) is 1. The molecule has 0 aliphatic rings. The van der Waals surface area contributed by atoms with Crippen molar-refractivity contribution in [2.24, 2.45) is 0 Å². The lowest BCUT2D eigenvalue weighted by Crippen LogP contribution is -2.47. The summed E-state index contributed by atoms with van der Waals surface area (Å²) in [6, 6.07) is 12.5. The van der Waals surface area contributed by atoms with Gasteiger partial charge in [-0.05, 0) is 45.3 Å². The van der Waals surface area contributed by atoms with E-state index in [1.165, 1.54) is 18.4 Å². The lowest BCUT2D eigenvalue weighted by atomic mass is 9.94. The van der Waals surface area contributed by atoms with Crippen LogP contribution in [0, 0.1) is 0 Å². The summed E-state index contributed by atoms with van der Waals surface area (Å²) in [6.45, 7) is 13.6. The highest BCUT2D eigenvalue weighted by atomic mass is 15.2. The summed E-state index contributed by atoms with van der Waals surface area (Å²) in [7, 11) is 0. The van der Waals surface area contributed by atoms with Gasteiger partial charge in [0, 0.05) is 18.1 Å². The fourth-order valence-electron chi connectivity index (χ4n) is 3.08. The van der Waals surface area contributed by atoms with E-state index in [0.717, 1.165) is 13.1 Å². The first-order chi connectivity index (χ1) is 9.65. The Morgan fingerprint density at radius 2 is 1.70 bits per heavy atom. The van der Waals surface area contributed by atoms with E-state index in [1.807, 2.05) is 0 Å². The minimum absolute atomic E-state index is 0.420. The average molecular weight is 276 g/mol. The Morgan fingerprint density at radius 3 is 2.15 bits per heavy atom. The van der Waals surface area contributed by atoms with Crippen LogP contribution in [0.1, 0.15) is 59.1 Å². The summed E-state index contributed by atoms with van der Waals surface area (Å²) in [5.74, 6) is 0. The molecule has 0 spiro atoms. The SMILES string of the molecule is CCCNC(c1ccccc1)C(CC)N(CC)C(C)C. The maximum atomic E-state index is 3.76. The van der Waals surface area contributed by atoms with E-state index in [4.69, 9.17) is 0 Å². The molecule has 1 rings (SSSR count). The van der Waals surface area contributed by atoms with Crippen molar-refractivity contribution in [2.45, 2.75) is 65.6 Å². The first-order valence-corrected chi connectivity index (χ1v) is 8.19. The van der Waals surface area contributed by atoms with Gasteiger partial charge < -0.3 is 5.32 Å². The van der Waals surface area contributed by atoms with Gasteiger partial charge in [0.2, 0.25) is 0 Å². The van der Waals surface area contributed by atoms with E-state index >= 15 is 0 Å². The van der Waals surface area contributed by atoms with Gasteiger partial charge >= 0.3 is 0 Å². The van der Waals surface area contributed by atoms with Crippen LogP contribution in [0.3, 0.4) is 0 Å². The normalized spacial score (nSPS) is 14.8. The van der Waals surface area contributed by atoms with Gasteiger partial charge in [-0.25, -0.2) is 0 Å². The lowest BCUT2D eigenvalue weighted by Gasteiger charge is -2.39. The molecule has 1 N–H and O–H groups in total. The molecule has 0 saturated carbocycles. The van der Waals surface area contributed by atoms with E-state index in [-0.39, 0.29) is 0 Å². The van der Waals surface area contributed by atoms with Crippen LogP contribution in [0.25, 0.3) is 0 Å². The number of hydrogen-bond acceptors (Lipinski definition) is 2. The van der Waals surface area contributed by atoms with E-state index in [9.17, 15) is 0 Å². The summed E-state index contributed by atoms with van der Waals surface area (Å²) >= 11 is 0. The highest BCUT2D eigenvalue weighted by Gasteiger charge is 2.27. The van der Waals surface area contributed by atoms with Gasteiger partial charge in [0.05, 0.1) is 0 Å². The van der Waals surface area contributed by atoms with Gasteiger partial charge in [0.25, 0.3) is 0 Å². The maximum absolute atomic E-state index is 3.76. The Morgan fingerprint density at radius 1 is 1.05 bits per heavy atom. The molecule has 20 heavy (non-hydrogen) atoms. The Kier molecular flexibility index (Phi) is 7.86. The summed E-state index contributed by atoms with van der Waals surface area (Å²) in [6.07, 6.45) is 2.34. The average Bonchev–Trinajstić information content (AvgIpc) is 2.47. The zero-order valence-corrected chi connectivity index (χ0v) is 13.9. The third-order valence-electron chi connectivity index (χ3n) is 4.03. The van der Waals surface area contributed by atoms with Crippen LogP contribution in [0.2, 0.25) is 0 Å². The monoisotopic (exact) mass is 276 g/mol. The van der Waals surface area contributed by atoms with Crippen molar-refractivity contribution in [1.29, 1.82) is 0 Å². The van der Waals surface area contributed by atoms with Gasteiger partial charge in [0.1, 0.15) is 0 Å². The Hall–Kier alpha value is -0.860. The highest BCUT2D eigenvalue weighted by Crippen LogP contribution is 2.25. The molecule has 0 aromatic heterocycles. The molecule has 2 heteroatoms. The van der Waals surface area contributed by atoms with E-state index in [2.05, 4.69) is 75.2 Å². The molecule has 0 bridgehead atoms. The molecule has 2 nitrogen and oxygen atoms in total. The van der Waals surface area contributed by atoms with Crippen LogP contribution in [0.5, 0.6) is 0 Å². The second kappa shape index (κ2) is 9.15. The predicted octanol–water partition coefficient (Wildman–Crippen LogP) is 4.24. The second-order valence-electron chi connectivity index (χ2n) is 5.74. The van der Waals surface area contributed by atoms with Crippen LogP contribution in [0.15, 0.2) is 30.3 Å². The summed E-state index contributed by atoms with van der Waals surface area (Å²) < 4.78 is 0. The lowest BCUT2D eigenvalue weighted by molar-refractivity contribution is 0.123. The zero-order valence-electron chi connectivity index (χ0n) is 13.9. The van der Waals surface area contributed by atoms with Crippen molar-refractivity contribution >= 4 is 0 Å². The van der Waals surface area contributed by atoms with Crippen molar-refractivity contribution in [3.63, 3.8) is 0 Å². The van der Waals surface area contributed by atoms with E-state index in [0.29, 0.717) is 18.1 Å². The van der Waals surface area contributed by atoms with Gasteiger partial charge in [-0.15, -0.1) is 0 Å². The molecule has 0 radical (unpaired) electrons. The molecule has 0 aliphatic carbocycles. The molecule has 1 aromatic rings. The first-order valence-electron chi connectivity index (χ1n) is 8.19. The molecular formula is C18H32N2. The molecule has 0 aliphatic heterocycles. The van der Waals surface area contributed by atoms with Crippen LogP contribution in [0.4, 0.5) is 0 Å². The van der Waals surface area contributed by atoms with Crippen molar-refractivity contribution in [3.8, 4) is 0 Å². The zero-order chi connectivity index (χ0) is 15.0. The van der Waals surface area contributed by atoms with E-state index < -0.39 is 0 Å². The maximum Gasteiger partial charge on any atom is 0.0478 e. The Bertz CT molecular complexity index is 348. The Labute approximate surface area is 125 Å². The highest BCUT2D eigenvalue weighted by molar-refractivity contribution is 5.21. The molecule has 0 fully saturated rings. The number of benzene rings is 1. The molecule has 114 valence electrons. The number of nitrogens with zero attached hydrogens (tertiary/aromatic N) is 1. The third-order valence-corrected chi connectivity index (χ3v) is 4.03. The molecule has 1 aromatic carbocycles. The molecule has 0 saturated heterocycles. The first kappa shape index (κ1) is 17.2. The van der Waals surface area contributed by atoms with Crippen LogP contribution >= 0.6 is 0 Å². The molecule has 2 unspecified atom stereocenters. The fourth-order valence-corrected chi connectivity index (χ4v) is 3.08. The molecule has 0 heterocycles. The standard InChI is InChI=1S/C18H32N2/c1-6-14-19-18(16-12-10-9-11-13-16)17(7-2)20(8-3)15(4)5/h9-13,15,17-19H,6-8,14H2,1-5H3. The Balaban J connectivity index is 3.00. The quantitative estimate of drug-likeness (QED) is 0.726. The van der Waals surface area contributed by atoms with Gasteiger partial charge in [0.15, 0.2) is 0 Å². The summed E-state index contributed by atoms with van der Waals surface area (Å²) in [5, 5.41) is 3.76.